The molecule has 1 aromatic heterocycles. The average Bonchev–Trinajstić information content (AvgIpc) is 2.38. The Morgan fingerprint density at radius 2 is 2.05 bits per heavy atom. The molecule has 0 saturated carbocycles. The average molecular weight is 275 g/mol. The Morgan fingerprint density at radius 3 is 2.65 bits per heavy atom. The molecule has 0 atom stereocenters. The second-order valence-corrected chi connectivity index (χ2v) is 4.29. The van der Waals surface area contributed by atoms with Gasteiger partial charge in [0, 0.05) is 18.4 Å². The van der Waals surface area contributed by atoms with E-state index in [4.69, 9.17) is 13.9 Å². The van der Waals surface area contributed by atoms with Crippen LogP contribution in [0.25, 0.3) is 10.8 Å². The maximum atomic E-state index is 11.1. The van der Waals surface area contributed by atoms with Crippen molar-refractivity contribution in [2.24, 2.45) is 4.99 Å². The van der Waals surface area contributed by atoms with E-state index in [1.165, 1.54) is 6.92 Å². The van der Waals surface area contributed by atoms with E-state index in [2.05, 4.69) is 4.99 Å². The van der Waals surface area contributed by atoms with Crippen molar-refractivity contribution in [1.82, 2.24) is 0 Å². The zero-order valence-electron chi connectivity index (χ0n) is 12.0. The first-order valence-electron chi connectivity index (χ1n) is 6.35. The highest BCUT2D eigenvalue weighted by atomic mass is 16.5. The fraction of sp³-hybridized carbons (Fsp3) is 0.333. The SMILES string of the molecule is CCOc1cc2c(C)oc(=NC(C)=O)cc2cc1OC. The maximum Gasteiger partial charge on any atom is 0.245 e. The van der Waals surface area contributed by atoms with E-state index in [1.807, 2.05) is 26.0 Å². The number of amides is 1. The van der Waals surface area contributed by atoms with Gasteiger partial charge in [0.05, 0.1) is 13.7 Å². The summed E-state index contributed by atoms with van der Waals surface area (Å²) in [7, 11) is 1.59. The largest absolute Gasteiger partial charge is 0.493 e. The van der Waals surface area contributed by atoms with E-state index in [-0.39, 0.29) is 11.5 Å². The molecule has 2 aromatic rings. The van der Waals surface area contributed by atoms with Crippen LogP contribution in [-0.4, -0.2) is 19.6 Å². The fourth-order valence-corrected chi connectivity index (χ4v) is 2.01. The molecule has 0 radical (unpaired) electrons. The summed E-state index contributed by atoms with van der Waals surface area (Å²) < 4.78 is 16.4. The monoisotopic (exact) mass is 275 g/mol. The molecule has 0 aliphatic heterocycles. The van der Waals surface area contributed by atoms with Crippen molar-refractivity contribution in [2.45, 2.75) is 20.8 Å². The molecule has 20 heavy (non-hydrogen) atoms. The summed E-state index contributed by atoms with van der Waals surface area (Å²) in [6.07, 6.45) is 0. The number of ether oxygens (including phenoxy) is 2. The van der Waals surface area contributed by atoms with Gasteiger partial charge in [-0.25, -0.2) is 0 Å². The number of hydrogen-bond acceptors (Lipinski definition) is 4. The van der Waals surface area contributed by atoms with Crippen LogP contribution in [-0.2, 0) is 4.79 Å². The standard InChI is InChI=1S/C15H17NO4/c1-5-19-14-8-12-9(2)20-15(16-10(3)17)7-11(12)6-13(14)18-4/h6-8H,5H2,1-4H3. The van der Waals surface area contributed by atoms with Gasteiger partial charge in [0.1, 0.15) is 5.76 Å². The van der Waals surface area contributed by atoms with E-state index >= 15 is 0 Å². The van der Waals surface area contributed by atoms with Gasteiger partial charge in [-0.2, -0.15) is 4.99 Å². The molecule has 0 N–H and O–H groups in total. The molecular formula is C15H17NO4. The number of aryl methyl sites for hydroxylation is 1. The predicted molar refractivity (Wildman–Crippen MR) is 74.9 cm³/mol. The summed E-state index contributed by atoms with van der Waals surface area (Å²) in [4.78, 5) is 14.9. The summed E-state index contributed by atoms with van der Waals surface area (Å²) in [5, 5.41) is 1.78. The summed E-state index contributed by atoms with van der Waals surface area (Å²) in [6, 6.07) is 5.43. The number of benzene rings is 1. The lowest BCUT2D eigenvalue weighted by atomic mass is 10.1. The van der Waals surface area contributed by atoms with Crippen LogP contribution in [0.15, 0.2) is 27.6 Å². The minimum Gasteiger partial charge on any atom is -0.493 e. The Morgan fingerprint density at radius 1 is 1.30 bits per heavy atom. The van der Waals surface area contributed by atoms with E-state index in [0.717, 1.165) is 10.8 Å². The minimum atomic E-state index is -0.301. The first-order chi connectivity index (χ1) is 9.55. The summed E-state index contributed by atoms with van der Waals surface area (Å²) in [5.74, 6) is 1.67. The molecule has 0 bridgehead atoms. The van der Waals surface area contributed by atoms with E-state index < -0.39 is 0 Å². The van der Waals surface area contributed by atoms with Gasteiger partial charge < -0.3 is 13.9 Å². The van der Waals surface area contributed by atoms with Crippen molar-refractivity contribution >= 4 is 16.7 Å². The Labute approximate surface area is 116 Å². The van der Waals surface area contributed by atoms with Crippen molar-refractivity contribution in [1.29, 1.82) is 0 Å². The quantitative estimate of drug-likeness (QED) is 0.863. The van der Waals surface area contributed by atoms with Gasteiger partial charge in [-0.15, -0.1) is 0 Å². The molecule has 5 nitrogen and oxygen atoms in total. The molecule has 0 aliphatic rings. The summed E-state index contributed by atoms with van der Waals surface area (Å²) >= 11 is 0. The first-order valence-corrected chi connectivity index (χ1v) is 6.35. The Hall–Kier alpha value is -2.30. The molecule has 1 aromatic carbocycles. The van der Waals surface area contributed by atoms with Crippen molar-refractivity contribution in [2.75, 3.05) is 13.7 Å². The Kier molecular flexibility index (Phi) is 4.08. The van der Waals surface area contributed by atoms with Crippen LogP contribution in [0.4, 0.5) is 0 Å². The molecule has 0 aliphatic carbocycles. The number of carbonyl (C=O) groups excluding carboxylic acids is 1. The highest BCUT2D eigenvalue weighted by Crippen LogP contribution is 2.33. The summed E-state index contributed by atoms with van der Waals surface area (Å²) in [6.45, 7) is 5.67. The second-order valence-electron chi connectivity index (χ2n) is 4.29. The van der Waals surface area contributed by atoms with Gasteiger partial charge in [-0.3, -0.25) is 4.79 Å². The lowest BCUT2D eigenvalue weighted by Crippen LogP contribution is -2.05. The second kappa shape index (κ2) is 5.77. The summed E-state index contributed by atoms with van der Waals surface area (Å²) in [5.41, 5.74) is 0.286. The molecule has 5 heteroatoms. The third-order valence-electron chi connectivity index (χ3n) is 2.82. The van der Waals surface area contributed by atoms with Crippen LogP contribution in [0, 0.1) is 6.92 Å². The van der Waals surface area contributed by atoms with Crippen molar-refractivity contribution < 1.29 is 18.7 Å². The number of methoxy groups -OCH3 is 1. The minimum absolute atomic E-state index is 0.286. The van der Waals surface area contributed by atoms with Gasteiger partial charge in [-0.1, -0.05) is 0 Å². The zero-order chi connectivity index (χ0) is 14.7. The topological polar surface area (TPSA) is 61.0 Å². The highest BCUT2D eigenvalue weighted by molar-refractivity contribution is 5.87. The van der Waals surface area contributed by atoms with Crippen LogP contribution < -0.4 is 15.0 Å². The van der Waals surface area contributed by atoms with Gasteiger partial charge in [0.25, 0.3) is 0 Å². The lowest BCUT2D eigenvalue weighted by molar-refractivity contribution is -0.116. The Balaban J connectivity index is 2.72. The zero-order valence-corrected chi connectivity index (χ0v) is 12.0. The molecular weight excluding hydrogens is 258 g/mol. The smallest absolute Gasteiger partial charge is 0.245 e. The molecule has 0 unspecified atom stereocenters. The molecule has 1 heterocycles. The van der Waals surface area contributed by atoms with Gasteiger partial charge in [-0.05, 0) is 31.4 Å². The highest BCUT2D eigenvalue weighted by Gasteiger charge is 2.09. The normalized spacial score (nSPS) is 11.7. The van der Waals surface area contributed by atoms with Gasteiger partial charge in [0.15, 0.2) is 11.5 Å². The molecule has 0 saturated heterocycles. The number of rotatable bonds is 3. The molecule has 0 spiro atoms. The third kappa shape index (κ3) is 2.82. The first kappa shape index (κ1) is 14.1. The van der Waals surface area contributed by atoms with E-state index in [1.54, 1.807) is 13.2 Å². The van der Waals surface area contributed by atoms with Crippen LogP contribution >= 0.6 is 0 Å². The number of nitrogens with zero attached hydrogens (tertiary/aromatic N) is 1. The van der Waals surface area contributed by atoms with Crippen LogP contribution in [0.2, 0.25) is 0 Å². The number of hydrogen-bond donors (Lipinski definition) is 0. The van der Waals surface area contributed by atoms with Crippen LogP contribution in [0.1, 0.15) is 19.6 Å². The Bertz CT molecular complexity index is 716. The molecule has 1 amide bonds. The third-order valence-corrected chi connectivity index (χ3v) is 2.82. The predicted octanol–water partition coefficient (Wildman–Crippen LogP) is 2.60. The fourth-order valence-electron chi connectivity index (χ4n) is 2.01. The van der Waals surface area contributed by atoms with Crippen LogP contribution in [0.5, 0.6) is 11.5 Å². The van der Waals surface area contributed by atoms with Crippen molar-refractivity contribution in [3.05, 3.63) is 29.5 Å². The van der Waals surface area contributed by atoms with E-state index in [0.29, 0.717) is 23.9 Å². The number of carbonyl (C=O) groups is 1. The van der Waals surface area contributed by atoms with Crippen molar-refractivity contribution in [3.63, 3.8) is 0 Å². The molecule has 106 valence electrons. The van der Waals surface area contributed by atoms with Gasteiger partial charge >= 0.3 is 0 Å². The number of fused-ring (bicyclic) bond motifs is 1. The van der Waals surface area contributed by atoms with E-state index in [9.17, 15) is 4.79 Å². The molecule has 0 fully saturated rings. The van der Waals surface area contributed by atoms with Gasteiger partial charge in [0.2, 0.25) is 11.5 Å². The maximum absolute atomic E-state index is 11.1. The molecule has 2 rings (SSSR count). The lowest BCUT2D eigenvalue weighted by Gasteiger charge is -2.11. The van der Waals surface area contributed by atoms with Crippen LogP contribution in [0.3, 0.4) is 0 Å². The van der Waals surface area contributed by atoms with Crippen molar-refractivity contribution in [3.8, 4) is 11.5 Å².